The van der Waals surface area contributed by atoms with Gasteiger partial charge < -0.3 is 0 Å². The van der Waals surface area contributed by atoms with Crippen LogP contribution in [0.25, 0.3) is 17.0 Å². The van der Waals surface area contributed by atoms with E-state index in [2.05, 4.69) is 15.1 Å². The molecule has 3 rings (SSSR count). The molecule has 80 valence electrons. The van der Waals surface area contributed by atoms with Crippen molar-refractivity contribution in [2.75, 3.05) is 0 Å². The number of hydrogen-bond donors (Lipinski definition) is 0. The Morgan fingerprint density at radius 1 is 1.25 bits per heavy atom. The van der Waals surface area contributed by atoms with Crippen molar-refractivity contribution in [2.45, 2.75) is 6.92 Å². The number of fused-ring (bicyclic) bond motifs is 1. The highest BCUT2D eigenvalue weighted by Crippen LogP contribution is 2.17. The van der Waals surface area contributed by atoms with E-state index in [-0.39, 0.29) is 0 Å². The van der Waals surface area contributed by atoms with Gasteiger partial charge in [-0.05, 0) is 13.0 Å². The third-order valence-corrected chi connectivity index (χ3v) is 2.55. The molecular formula is C11H11N5. The maximum absolute atomic E-state index is 4.31. The molecule has 5 nitrogen and oxygen atoms in total. The standard InChI is InChI=1S/C11H11N5/c1-8-6-16-7-9(5-12-11(16)14-8)10-3-4-13-15(10)2/h3-7H,1-2H3. The first kappa shape index (κ1) is 9.08. The van der Waals surface area contributed by atoms with Gasteiger partial charge in [0.05, 0.1) is 11.4 Å². The molecule has 0 atom stereocenters. The minimum absolute atomic E-state index is 0.725. The molecule has 16 heavy (non-hydrogen) atoms. The maximum atomic E-state index is 4.31. The van der Waals surface area contributed by atoms with Crippen LogP contribution in [-0.2, 0) is 7.05 Å². The van der Waals surface area contributed by atoms with Crippen molar-refractivity contribution in [3.8, 4) is 11.3 Å². The predicted molar refractivity (Wildman–Crippen MR) is 59.9 cm³/mol. The van der Waals surface area contributed by atoms with Crippen LogP contribution in [0, 0.1) is 6.92 Å². The van der Waals surface area contributed by atoms with Gasteiger partial charge in [0, 0.05) is 37.4 Å². The van der Waals surface area contributed by atoms with E-state index in [0.717, 1.165) is 22.7 Å². The quantitative estimate of drug-likeness (QED) is 0.614. The second-order valence-electron chi connectivity index (χ2n) is 3.77. The average Bonchev–Trinajstić information content (AvgIpc) is 2.81. The van der Waals surface area contributed by atoms with Crippen LogP contribution in [-0.4, -0.2) is 24.1 Å². The summed E-state index contributed by atoms with van der Waals surface area (Å²) in [5, 5.41) is 4.14. The zero-order valence-electron chi connectivity index (χ0n) is 9.12. The maximum Gasteiger partial charge on any atom is 0.233 e. The van der Waals surface area contributed by atoms with Crippen molar-refractivity contribution < 1.29 is 0 Å². The topological polar surface area (TPSA) is 48.0 Å². The van der Waals surface area contributed by atoms with Gasteiger partial charge in [0.25, 0.3) is 0 Å². The lowest BCUT2D eigenvalue weighted by atomic mass is 10.2. The normalized spacial score (nSPS) is 11.1. The fraction of sp³-hybridized carbons (Fsp3) is 0.182. The molecule has 0 spiro atoms. The fourth-order valence-electron chi connectivity index (χ4n) is 1.79. The van der Waals surface area contributed by atoms with Crippen LogP contribution in [0.4, 0.5) is 0 Å². The van der Waals surface area contributed by atoms with E-state index in [4.69, 9.17) is 0 Å². The van der Waals surface area contributed by atoms with Crippen LogP contribution in [0.15, 0.2) is 30.9 Å². The molecule has 0 unspecified atom stereocenters. The number of imidazole rings is 1. The molecular weight excluding hydrogens is 202 g/mol. The lowest BCUT2D eigenvalue weighted by Crippen LogP contribution is -1.96. The molecule has 3 aromatic rings. The van der Waals surface area contributed by atoms with E-state index in [9.17, 15) is 0 Å². The molecule has 0 saturated carbocycles. The second kappa shape index (κ2) is 3.16. The summed E-state index contributed by atoms with van der Waals surface area (Å²) in [6.07, 6.45) is 7.57. The fourth-order valence-corrected chi connectivity index (χ4v) is 1.79. The Morgan fingerprint density at radius 2 is 2.12 bits per heavy atom. The second-order valence-corrected chi connectivity index (χ2v) is 3.77. The first-order valence-corrected chi connectivity index (χ1v) is 5.04. The van der Waals surface area contributed by atoms with E-state index < -0.39 is 0 Å². The monoisotopic (exact) mass is 213 g/mol. The number of aryl methyl sites for hydroxylation is 2. The van der Waals surface area contributed by atoms with Crippen molar-refractivity contribution in [3.05, 3.63) is 36.5 Å². The number of aromatic nitrogens is 5. The summed E-state index contributed by atoms with van der Waals surface area (Å²) in [7, 11) is 1.92. The third kappa shape index (κ3) is 1.29. The number of nitrogens with zero attached hydrogens (tertiary/aromatic N) is 5. The zero-order valence-corrected chi connectivity index (χ0v) is 9.12. The average molecular weight is 213 g/mol. The molecule has 0 aliphatic rings. The molecule has 3 aromatic heterocycles. The van der Waals surface area contributed by atoms with E-state index in [0.29, 0.717) is 0 Å². The van der Waals surface area contributed by atoms with Gasteiger partial charge >= 0.3 is 0 Å². The lowest BCUT2D eigenvalue weighted by Gasteiger charge is -2.01. The Bertz CT molecular complexity index is 649. The summed E-state index contributed by atoms with van der Waals surface area (Å²) in [5.74, 6) is 0.725. The summed E-state index contributed by atoms with van der Waals surface area (Å²) in [6.45, 7) is 1.96. The minimum Gasteiger partial charge on any atom is -0.290 e. The number of hydrogen-bond acceptors (Lipinski definition) is 3. The van der Waals surface area contributed by atoms with Gasteiger partial charge in [-0.2, -0.15) is 5.10 Å². The van der Waals surface area contributed by atoms with Crippen LogP contribution >= 0.6 is 0 Å². The Kier molecular flexibility index (Phi) is 1.80. The molecule has 0 fully saturated rings. The van der Waals surface area contributed by atoms with Gasteiger partial charge in [-0.3, -0.25) is 9.08 Å². The van der Waals surface area contributed by atoms with Crippen LogP contribution in [0.2, 0.25) is 0 Å². The van der Waals surface area contributed by atoms with Gasteiger partial charge in [0.1, 0.15) is 0 Å². The molecule has 0 saturated heterocycles. The molecule has 5 heteroatoms. The van der Waals surface area contributed by atoms with Crippen LogP contribution in [0.5, 0.6) is 0 Å². The largest absolute Gasteiger partial charge is 0.290 e. The molecule has 0 radical (unpaired) electrons. The van der Waals surface area contributed by atoms with Crippen LogP contribution in [0.3, 0.4) is 0 Å². The van der Waals surface area contributed by atoms with Gasteiger partial charge in [0.2, 0.25) is 5.78 Å². The summed E-state index contributed by atoms with van der Waals surface area (Å²) in [6, 6.07) is 1.96. The van der Waals surface area contributed by atoms with Crippen molar-refractivity contribution in [2.24, 2.45) is 7.05 Å². The van der Waals surface area contributed by atoms with Crippen molar-refractivity contribution >= 4 is 5.78 Å². The van der Waals surface area contributed by atoms with E-state index in [1.165, 1.54) is 0 Å². The molecule has 0 amide bonds. The molecule has 3 heterocycles. The first-order chi connectivity index (χ1) is 7.74. The van der Waals surface area contributed by atoms with E-state index in [1.807, 2.05) is 47.7 Å². The summed E-state index contributed by atoms with van der Waals surface area (Å²) < 4.78 is 3.75. The highest BCUT2D eigenvalue weighted by atomic mass is 15.3. The van der Waals surface area contributed by atoms with Crippen molar-refractivity contribution in [1.82, 2.24) is 24.1 Å². The SMILES string of the molecule is Cc1cn2cc(-c3ccnn3C)cnc2n1. The van der Waals surface area contributed by atoms with Crippen LogP contribution in [0.1, 0.15) is 5.69 Å². The molecule has 0 bridgehead atoms. The van der Waals surface area contributed by atoms with Gasteiger partial charge in [-0.1, -0.05) is 0 Å². The minimum atomic E-state index is 0.725. The lowest BCUT2D eigenvalue weighted by molar-refractivity contribution is 0.774. The molecule has 0 N–H and O–H groups in total. The predicted octanol–water partition coefficient (Wildman–Crippen LogP) is 1.44. The first-order valence-electron chi connectivity index (χ1n) is 5.04. The van der Waals surface area contributed by atoms with Crippen molar-refractivity contribution in [1.29, 1.82) is 0 Å². The number of rotatable bonds is 1. The Balaban J connectivity index is 2.22. The van der Waals surface area contributed by atoms with Gasteiger partial charge in [-0.25, -0.2) is 9.97 Å². The Labute approximate surface area is 92.4 Å². The van der Waals surface area contributed by atoms with E-state index in [1.54, 1.807) is 6.20 Å². The molecule has 0 aliphatic carbocycles. The zero-order chi connectivity index (χ0) is 11.1. The van der Waals surface area contributed by atoms with Crippen molar-refractivity contribution in [3.63, 3.8) is 0 Å². The Morgan fingerprint density at radius 3 is 2.88 bits per heavy atom. The summed E-state index contributed by atoms with van der Waals surface area (Å²) in [4.78, 5) is 8.60. The molecule has 0 aliphatic heterocycles. The van der Waals surface area contributed by atoms with Crippen LogP contribution < -0.4 is 0 Å². The highest BCUT2D eigenvalue weighted by molar-refractivity contribution is 5.58. The van der Waals surface area contributed by atoms with E-state index >= 15 is 0 Å². The van der Waals surface area contributed by atoms with Gasteiger partial charge in [-0.15, -0.1) is 0 Å². The third-order valence-electron chi connectivity index (χ3n) is 2.55. The smallest absolute Gasteiger partial charge is 0.233 e. The Hall–Kier alpha value is -2.17. The summed E-state index contributed by atoms with van der Waals surface area (Å²) >= 11 is 0. The summed E-state index contributed by atoms with van der Waals surface area (Å²) in [5.41, 5.74) is 3.04. The van der Waals surface area contributed by atoms with Gasteiger partial charge in [0.15, 0.2) is 0 Å². The highest BCUT2D eigenvalue weighted by Gasteiger charge is 2.05. The molecule has 0 aromatic carbocycles.